The topological polar surface area (TPSA) is 70.2 Å². The number of piperidine rings is 1. The van der Waals surface area contributed by atoms with Crippen LogP contribution in [-0.4, -0.2) is 47.0 Å². The third-order valence-corrected chi connectivity index (χ3v) is 4.96. The van der Waals surface area contributed by atoms with Gasteiger partial charge in [-0.05, 0) is 31.9 Å². The van der Waals surface area contributed by atoms with Crippen LogP contribution in [-0.2, 0) is 0 Å². The fraction of sp³-hybridized carbons (Fsp3) is 0.438. The first-order valence-corrected chi connectivity index (χ1v) is 8.60. The molecule has 2 aromatic rings. The number of anilines is 2. The molecule has 6 nitrogen and oxygen atoms in total. The second-order valence-corrected chi connectivity index (χ2v) is 6.69. The summed E-state index contributed by atoms with van der Waals surface area (Å²) in [6.07, 6.45) is 3.51. The maximum Gasteiger partial charge on any atom is 0.265 e. The summed E-state index contributed by atoms with van der Waals surface area (Å²) in [5.74, 6) is 0.993. The van der Waals surface area contributed by atoms with Crippen LogP contribution in [0, 0.1) is 6.92 Å². The zero-order chi connectivity index (χ0) is 16.2. The van der Waals surface area contributed by atoms with Crippen LogP contribution in [0.5, 0.6) is 0 Å². The maximum atomic E-state index is 12.5. The molecule has 122 valence electrons. The minimum atomic E-state index is 0.0798. The van der Waals surface area contributed by atoms with Crippen molar-refractivity contribution in [2.75, 3.05) is 30.8 Å². The van der Waals surface area contributed by atoms with E-state index >= 15 is 0 Å². The minimum absolute atomic E-state index is 0.0798. The van der Waals surface area contributed by atoms with Gasteiger partial charge in [-0.15, -0.1) is 0 Å². The molecule has 0 aromatic carbocycles. The standard InChI is InChI=1S/C16H21N5OS/c1-11-4-3-5-14(19-11)20-12-6-8-21(9-7-12)15(22)13-10-18-16(17-2)23-13/h3-5,10,12H,6-9H2,1-2H3,(H,17,18)(H,19,20). The Morgan fingerprint density at radius 1 is 1.35 bits per heavy atom. The molecule has 0 aliphatic carbocycles. The fourth-order valence-corrected chi connectivity index (χ4v) is 3.44. The van der Waals surface area contributed by atoms with E-state index < -0.39 is 0 Å². The van der Waals surface area contributed by atoms with E-state index in [1.54, 1.807) is 6.20 Å². The highest BCUT2D eigenvalue weighted by Crippen LogP contribution is 2.22. The Balaban J connectivity index is 1.54. The summed E-state index contributed by atoms with van der Waals surface area (Å²) in [5.41, 5.74) is 1.01. The van der Waals surface area contributed by atoms with Gasteiger partial charge in [-0.3, -0.25) is 4.79 Å². The zero-order valence-electron chi connectivity index (χ0n) is 13.4. The number of carbonyl (C=O) groups excluding carboxylic acids is 1. The number of pyridine rings is 1. The van der Waals surface area contributed by atoms with E-state index in [1.807, 2.05) is 37.1 Å². The molecule has 1 saturated heterocycles. The number of aromatic nitrogens is 2. The van der Waals surface area contributed by atoms with Gasteiger partial charge in [0.1, 0.15) is 10.7 Å². The van der Waals surface area contributed by atoms with Crippen LogP contribution in [0.25, 0.3) is 0 Å². The molecule has 0 spiro atoms. The van der Waals surface area contributed by atoms with Gasteiger partial charge in [0.25, 0.3) is 5.91 Å². The average Bonchev–Trinajstić information content (AvgIpc) is 3.04. The van der Waals surface area contributed by atoms with Gasteiger partial charge in [-0.2, -0.15) is 0 Å². The number of hydrogen-bond acceptors (Lipinski definition) is 6. The summed E-state index contributed by atoms with van der Waals surface area (Å²) in [6.45, 7) is 3.51. The molecule has 1 amide bonds. The Hall–Kier alpha value is -2.15. The number of nitrogens with one attached hydrogen (secondary N) is 2. The van der Waals surface area contributed by atoms with Crippen LogP contribution in [0.2, 0.25) is 0 Å². The van der Waals surface area contributed by atoms with Crippen LogP contribution in [0.15, 0.2) is 24.4 Å². The zero-order valence-corrected chi connectivity index (χ0v) is 14.2. The van der Waals surface area contributed by atoms with Crippen LogP contribution in [0.3, 0.4) is 0 Å². The number of hydrogen-bond donors (Lipinski definition) is 2. The highest BCUT2D eigenvalue weighted by molar-refractivity contribution is 7.17. The SMILES string of the molecule is CNc1ncc(C(=O)N2CCC(Nc3cccc(C)n3)CC2)s1. The second-order valence-electron chi connectivity index (χ2n) is 5.65. The molecule has 3 heterocycles. The van der Waals surface area contributed by atoms with Gasteiger partial charge in [0.2, 0.25) is 0 Å². The smallest absolute Gasteiger partial charge is 0.265 e. The predicted octanol–water partition coefficient (Wildman–Crippen LogP) is 2.60. The molecule has 0 atom stereocenters. The molecular weight excluding hydrogens is 310 g/mol. The Morgan fingerprint density at radius 2 is 2.13 bits per heavy atom. The molecular formula is C16H21N5OS. The largest absolute Gasteiger partial charge is 0.367 e. The van der Waals surface area contributed by atoms with Gasteiger partial charge in [0.05, 0.1) is 6.20 Å². The van der Waals surface area contributed by atoms with Crippen LogP contribution >= 0.6 is 11.3 Å². The number of nitrogens with zero attached hydrogens (tertiary/aromatic N) is 3. The van der Waals surface area contributed by atoms with Crippen molar-refractivity contribution in [3.05, 3.63) is 35.0 Å². The summed E-state index contributed by atoms with van der Waals surface area (Å²) in [6, 6.07) is 6.34. The van der Waals surface area contributed by atoms with E-state index in [-0.39, 0.29) is 5.91 Å². The second kappa shape index (κ2) is 6.95. The monoisotopic (exact) mass is 331 g/mol. The lowest BCUT2D eigenvalue weighted by Crippen LogP contribution is -2.42. The van der Waals surface area contributed by atoms with Crippen molar-refractivity contribution >= 4 is 28.2 Å². The Morgan fingerprint density at radius 3 is 2.78 bits per heavy atom. The Bertz CT molecular complexity index is 679. The molecule has 3 rings (SSSR count). The molecule has 0 bridgehead atoms. The van der Waals surface area contributed by atoms with Crippen LogP contribution in [0.4, 0.5) is 10.9 Å². The molecule has 23 heavy (non-hydrogen) atoms. The third kappa shape index (κ3) is 3.79. The first kappa shape index (κ1) is 15.7. The molecule has 0 unspecified atom stereocenters. The number of likely N-dealkylation sites (tertiary alicyclic amines) is 1. The lowest BCUT2D eigenvalue weighted by molar-refractivity contribution is 0.0723. The first-order valence-electron chi connectivity index (χ1n) is 7.79. The molecule has 2 N–H and O–H groups in total. The summed E-state index contributed by atoms with van der Waals surface area (Å²) >= 11 is 1.40. The number of thiazole rings is 1. The molecule has 2 aromatic heterocycles. The number of aryl methyl sites for hydroxylation is 1. The van der Waals surface area contributed by atoms with Gasteiger partial charge in [0.15, 0.2) is 5.13 Å². The highest BCUT2D eigenvalue weighted by Gasteiger charge is 2.25. The molecule has 7 heteroatoms. The normalized spacial score (nSPS) is 15.5. The number of carbonyl (C=O) groups is 1. The minimum Gasteiger partial charge on any atom is -0.367 e. The molecule has 0 radical (unpaired) electrons. The van der Waals surface area contributed by atoms with Gasteiger partial charge < -0.3 is 15.5 Å². The molecule has 1 fully saturated rings. The maximum absolute atomic E-state index is 12.5. The van der Waals surface area contributed by atoms with Crippen LogP contribution < -0.4 is 10.6 Å². The Kier molecular flexibility index (Phi) is 4.76. The van der Waals surface area contributed by atoms with Crippen LogP contribution in [0.1, 0.15) is 28.2 Å². The van der Waals surface area contributed by atoms with Gasteiger partial charge in [0, 0.05) is 31.9 Å². The summed E-state index contributed by atoms with van der Waals surface area (Å²) < 4.78 is 0. The lowest BCUT2D eigenvalue weighted by Gasteiger charge is -2.32. The van der Waals surface area contributed by atoms with E-state index in [1.165, 1.54) is 11.3 Å². The highest BCUT2D eigenvalue weighted by atomic mass is 32.1. The first-order chi connectivity index (χ1) is 11.2. The average molecular weight is 331 g/mol. The number of amides is 1. The summed E-state index contributed by atoms with van der Waals surface area (Å²) in [4.78, 5) is 23.7. The van der Waals surface area contributed by atoms with Crippen molar-refractivity contribution in [1.29, 1.82) is 0 Å². The van der Waals surface area contributed by atoms with E-state index in [0.29, 0.717) is 10.9 Å². The quantitative estimate of drug-likeness (QED) is 0.901. The van der Waals surface area contributed by atoms with E-state index in [2.05, 4.69) is 20.6 Å². The van der Waals surface area contributed by atoms with E-state index in [4.69, 9.17) is 0 Å². The molecule has 1 aliphatic heterocycles. The van der Waals surface area contributed by atoms with Crippen molar-refractivity contribution in [3.8, 4) is 0 Å². The van der Waals surface area contributed by atoms with Gasteiger partial charge >= 0.3 is 0 Å². The summed E-state index contributed by atoms with van der Waals surface area (Å²) in [5, 5.41) is 7.20. The van der Waals surface area contributed by atoms with E-state index in [9.17, 15) is 4.79 Å². The molecule has 0 saturated carbocycles. The van der Waals surface area contributed by atoms with Crippen molar-refractivity contribution in [3.63, 3.8) is 0 Å². The lowest BCUT2D eigenvalue weighted by atomic mass is 10.0. The van der Waals surface area contributed by atoms with E-state index in [0.717, 1.165) is 42.6 Å². The van der Waals surface area contributed by atoms with Gasteiger partial charge in [-0.25, -0.2) is 9.97 Å². The summed E-state index contributed by atoms with van der Waals surface area (Å²) in [7, 11) is 1.81. The number of rotatable bonds is 4. The third-order valence-electron chi connectivity index (χ3n) is 3.95. The van der Waals surface area contributed by atoms with Crippen molar-refractivity contribution in [2.24, 2.45) is 0 Å². The van der Waals surface area contributed by atoms with Crippen molar-refractivity contribution in [2.45, 2.75) is 25.8 Å². The Labute approximate surface area is 140 Å². The van der Waals surface area contributed by atoms with Gasteiger partial charge in [-0.1, -0.05) is 17.4 Å². The predicted molar refractivity (Wildman–Crippen MR) is 93.2 cm³/mol. The van der Waals surface area contributed by atoms with Crippen molar-refractivity contribution < 1.29 is 4.79 Å². The fourth-order valence-electron chi connectivity index (χ4n) is 2.70. The van der Waals surface area contributed by atoms with Crippen molar-refractivity contribution in [1.82, 2.24) is 14.9 Å². The molecule has 1 aliphatic rings.